The van der Waals surface area contributed by atoms with Crippen LogP contribution in [0.15, 0.2) is 84.1 Å². The third-order valence-electron chi connectivity index (χ3n) is 6.88. The molecule has 0 bridgehead atoms. The molecule has 5 rings (SSSR count). The molecule has 3 aromatic rings. The standard InChI is InChI=1S/C30H31N3O3S/c1-30(2)17-23-27(25(34)18-30)28(21-15-14-20(35-3)16-26(21)36-4)33(24-13-9-8-12-22(24)32-23)29(37)31-19-10-6-5-7-11-19/h5-16,28,32H,17-18H2,1-4H3,(H,31,37)/t28-/m0/s1. The van der Waals surface area contributed by atoms with Crippen molar-refractivity contribution < 1.29 is 14.3 Å². The summed E-state index contributed by atoms with van der Waals surface area (Å²) in [6.45, 7) is 4.27. The molecular formula is C30H31N3O3S. The van der Waals surface area contributed by atoms with E-state index in [4.69, 9.17) is 21.7 Å². The quantitative estimate of drug-likeness (QED) is 0.376. The van der Waals surface area contributed by atoms with E-state index in [1.807, 2.05) is 77.7 Å². The van der Waals surface area contributed by atoms with Crippen molar-refractivity contribution >= 4 is 40.2 Å². The monoisotopic (exact) mass is 513 g/mol. The molecule has 1 atom stereocenters. The van der Waals surface area contributed by atoms with Crippen molar-refractivity contribution in [2.45, 2.75) is 32.7 Å². The summed E-state index contributed by atoms with van der Waals surface area (Å²) in [5, 5.41) is 7.50. The first-order valence-corrected chi connectivity index (χ1v) is 12.7. The molecule has 190 valence electrons. The van der Waals surface area contributed by atoms with E-state index in [-0.39, 0.29) is 11.2 Å². The normalized spacial score (nSPS) is 18.2. The lowest BCUT2D eigenvalue weighted by atomic mass is 9.73. The van der Waals surface area contributed by atoms with E-state index in [0.29, 0.717) is 28.6 Å². The van der Waals surface area contributed by atoms with Crippen LogP contribution in [-0.2, 0) is 4.79 Å². The van der Waals surface area contributed by atoms with Gasteiger partial charge >= 0.3 is 0 Å². The van der Waals surface area contributed by atoms with Gasteiger partial charge in [0.05, 0.1) is 31.6 Å². The molecule has 0 saturated heterocycles. The molecule has 1 aliphatic carbocycles. The van der Waals surface area contributed by atoms with Crippen molar-refractivity contribution in [3.8, 4) is 11.5 Å². The van der Waals surface area contributed by atoms with Crippen molar-refractivity contribution in [2.24, 2.45) is 5.41 Å². The summed E-state index contributed by atoms with van der Waals surface area (Å²) in [7, 11) is 3.26. The summed E-state index contributed by atoms with van der Waals surface area (Å²) >= 11 is 6.06. The van der Waals surface area contributed by atoms with Gasteiger partial charge in [0.1, 0.15) is 11.5 Å². The summed E-state index contributed by atoms with van der Waals surface area (Å²) in [6.07, 6.45) is 1.19. The van der Waals surface area contributed by atoms with E-state index < -0.39 is 6.04 Å². The number of nitrogens with one attached hydrogen (secondary N) is 2. The third-order valence-corrected chi connectivity index (χ3v) is 7.18. The van der Waals surface area contributed by atoms with Crippen molar-refractivity contribution in [2.75, 3.05) is 29.8 Å². The highest BCUT2D eigenvalue weighted by Crippen LogP contribution is 2.50. The number of methoxy groups -OCH3 is 2. The molecular weight excluding hydrogens is 482 g/mol. The van der Waals surface area contributed by atoms with E-state index in [0.717, 1.165) is 34.7 Å². The summed E-state index contributed by atoms with van der Waals surface area (Å²) in [4.78, 5) is 16.0. The molecule has 0 fully saturated rings. The van der Waals surface area contributed by atoms with Gasteiger partial charge in [-0.05, 0) is 60.5 Å². The van der Waals surface area contributed by atoms with Gasteiger partial charge in [0.2, 0.25) is 0 Å². The fraction of sp³-hybridized carbons (Fsp3) is 0.267. The lowest BCUT2D eigenvalue weighted by Gasteiger charge is -2.38. The van der Waals surface area contributed by atoms with Gasteiger partial charge < -0.3 is 25.0 Å². The minimum Gasteiger partial charge on any atom is -0.497 e. The number of ketones is 1. The Bertz CT molecular complexity index is 1380. The number of fused-ring (bicyclic) bond motifs is 1. The number of allylic oxidation sites excluding steroid dienone is 1. The molecule has 0 aromatic heterocycles. The van der Waals surface area contributed by atoms with Gasteiger partial charge in [-0.1, -0.05) is 44.2 Å². The van der Waals surface area contributed by atoms with E-state index >= 15 is 0 Å². The summed E-state index contributed by atoms with van der Waals surface area (Å²) in [5.74, 6) is 1.40. The molecule has 0 saturated carbocycles. The number of carbonyl (C=O) groups excluding carboxylic acids is 1. The van der Waals surface area contributed by atoms with Gasteiger partial charge in [0.25, 0.3) is 0 Å². The molecule has 0 amide bonds. The Balaban J connectivity index is 1.76. The molecule has 0 spiro atoms. The lowest BCUT2D eigenvalue weighted by Crippen LogP contribution is -2.41. The Morgan fingerprint density at radius 1 is 1.00 bits per heavy atom. The largest absolute Gasteiger partial charge is 0.497 e. The van der Waals surface area contributed by atoms with E-state index in [9.17, 15) is 4.79 Å². The summed E-state index contributed by atoms with van der Waals surface area (Å²) < 4.78 is 11.3. The first-order chi connectivity index (χ1) is 17.8. The van der Waals surface area contributed by atoms with Crippen molar-refractivity contribution in [3.05, 3.63) is 89.6 Å². The molecule has 7 heteroatoms. The van der Waals surface area contributed by atoms with Crippen LogP contribution in [0.5, 0.6) is 11.5 Å². The molecule has 1 aliphatic heterocycles. The Morgan fingerprint density at radius 2 is 1.73 bits per heavy atom. The van der Waals surface area contributed by atoms with Crippen LogP contribution in [0.2, 0.25) is 0 Å². The highest BCUT2D eigenvalue weighted by Gasteiger charge is 2.43. The van der Waals surface area contributed by atoms with Crippen molar-refractivity contribution in [1.29, 1.82) is 0 Å². The van der Waals surface area contributed by atoms with Gasteiger partial charge in [-0.15, -0.1) is 0 Å². The maximum absolute atomic E-state index is 13.9. The van der Waals surface area contributed by atoms with E-state index in [2.05, 4.69) is 24.5 Å². The second-order valence-corrected chi connectivity index (χ2v) is 10.5. The van der Waals surface area contributed by atoms with Crippen LogP contribution in [0.4, 0.5) is 17.1 Å². The van der Waals surface area contributed by atoms with Crippen molar-refractivity contribution in [1.82, 2.24) is 0 Å². The van der Waals surface area contributed by atoms with Gasteiger partial charge in [0.15, 0.2) is 10.9 Å². The zero-order valence-electron chi connectivity index (χ0n) is 21.5. The maximum Gasteiger partial charge on any atom is 0.178 e. The molecule has 2 N–H and O–H groups in total. The number of thiocarbonyl (C=S) groups is 1. The zero-order valence-corrected chi connectivity index (χ0v) is 22.3. The first-order valence-electron chi connectivity index (χ1n) is 12.3. The number of benzene rings is 3. The van der Waals surface area contributed by atoms with Gasteiger partial charge in [-0.25, -0.2) is 0 Å². The predicted molar refractivity (Wildman–Crippen MR) is 153 cm³/mol. The second kappa shape index (κ2) is 9.90. The van der Waals surface area contributed by atoms with Crippen molar-refractivity contribution in [3.63, 3.8) is 0 Å². The average molecular weight is 514 g/mol. The smallest absolute Gasteiger partial charge is 0.178 e. The fourth-order valence-electron chi connectivity index (χ4n) is 5.25. The fourth-order valence-corrected chi connectivity index (χ4v) is 5.58. The van der Waals surface area contributed by atoms with Crippen LogP contribution in [-0.4, -0.2) is 25.1 Å². The van der Waals surface area contributed by atoms with Crippen LogP contribution in [0, 0.1) is 5.41 Å². The lowest BCUT2D eigenvalue weighted by molar-refractivity contribution is -0.118. The maximum atomic E-state index is 13.9. The number of carbonyl (C=O) groups is 1. The zero-order chi connectivity index (χ0) is 26.2. The topological polar surface area (TPSA) is 62.8 Å². The number of rotatable bonds is 4. The van der Waals surface area contributed by atoms with Crippen LogP contribution in [0.3, 0.4) is 0 Å². The Hall–Kier alpha value is -3.84. The average Bonchev–Trinajstić information content (AvgIpc) is 3.02. The highest BCUT2D eigenvalue weighted by atomic mass is 32.1. The Kier molecular flexibility index (Phi) is 6.65. The Morgan fingerprint density at radius 3 is 2.46 bits per heavy atom. The number of para-hydroxylation sites is 3. The Labute approximate surface area is 223 Å². The minimum absolute atomic E-state index is 0.0990. The number of Topliss-reactive ketones (excluding diaryl/α,β-unsaturated/α-hetero) is 1. The van der Waals surface area contributed by atoms with Crippen LogP contribution < -0.4 is 25.0 Å². The SMILES string of the molecule is COc1ccc([C@H]2C3=C(CC(C)(C)CC3=O)Nc3ccccc3N2C(=S)Nc2ccccc2)c(OC)c1. The highest BCUT2D eigenvalue weighted by molar-refractivity contribution is 7.80. The molecule has 0 unspecified atom stereocenters. The van der Waals surface area contributed by atoms with E-state index in [1.165, 1.54) is 0 Å². The van der Waals surface area contributed by atoms with Crippen LogP contribution in [0.1, 0.15) is 38.3 Å². The number of anilines is 3. The molecule has 3 aromatic carbocycles. The molecule has 6 nitrogen and oxygen atoms in total. The second-order valence-electron chi connectivity index (χ2n) is 10.2. The van der Waals surface area contributed by atoms with Gasteiger partial charge in [-0.3, -0.25) is 4.79 Å². The van der Waals surface area contributed by atoms with Gasteiger partial charge in [0, 0.05) is 35.0 Å². The molecule has 2 aliphatic rings. The number of hydrogen-bond acceptors (Lipinski definition) is 5. The predicted octanol–water partition coefficient (Wildman–Crippen LogP) is 6.72. The van der Waals surface area contributed by atoms with Crippen LogP contribution >= 0.6 is 12.2 Å². The first kappa shape index (κ1) is 24.8. The molecule has 37 heavy (non-hydrogen) atoms. The third kappa shape index (κ3) is 4.79. The minimum atomic E-state index is -0.515. The molecule has 1 heterocycles. The number of hydrogen-bond donors (Lipinski definition) is 2. The number of ether oxygens (including phenoxy) is 2. The van der Waals surface area contributed by atoms with Crippen LogP contribution in [0.25, 0.3) is 0 Å². The summed E-state index contributed by atoms with van der Waals surface area (Å²) in [6, 6.07) is 23.0. The summed E-state index contributed by atoms with van der Waals surface area (Å²) in [5.41, 5.74) is 4.93. The molecule has 0 radical (unpaired) electrons. The van der Waals surface area contributed by atoms with E-state index in [1.54, 1.807) is 14.2 Å². The number of nitrogens with zero attached hydrogens (tertiary/aromatic N) is 1. The van der Waals surface area contributed by atoms with Gasteiger partial charge in [-0.2, -0.15) is 0 Å².